The molecule has 33 heavy (non-hydrogen) atoms. The Morgan fingerprint density at radius 3 is 2.33 bits per heavy atom. The molecule has 190 valence electrons. The summed E-state index contributed by atoms with van der Waals surface area (Å²) in [6.45, 7) is 14.5. The highest BCUT2D eigenvalue weighted by Crippen LogP contribution is 2.73. The summed E-state index contributed by atoms with van der Waals surface area (Å²) in [6.07, 6.45) is 14.8. The van der Waals surface area contributed by atoms with Crippen molar-refractivity contribution in [2.75, 3.05) is 0 Å². The number of esters is 1. The quantitative estimate of drug-likeness (QED) is 0.399. The number of hydrogen-bond acceptors (Lipinski definition) is 3. The summed E-state index contributed by atoms with van der Waals surface area (Å²) in [4.78, 5) is 12.4. The summed E-state index contributed by atoms with van der Waals surface area (Å²) < 4.78 is 5.69. The molecule has 4 saturated carbocycles. The maximum Gasteiger partial charge on any atom is 0.306 e. The molecule has 1 N–H and O–H groups in total. The van der Waals surface area contributed by atoms with E-state index in [1.807, 2.05) is 0 Å². The van der Waals surface area contributed by atoms with Gasteiger partial charge >= 0.3 is 5.97 Å². The minimum absolute atomic E-state index is 0.0113. The van der Waals surface area contributed by atoms with Gasteiger partial charge in [0.25, 0.3) is 0 Å². The molecular formula is C30H52O3. The molecule has 4 rings (SSSR count). The molecule has 3 heteroatoms. The zero-order valence-corrected chi connectivity index (χ0v) is 22.5. The van der Waals surface area contributed by atoms with Gasteiger partial charge in [-0.2, -0.15) is 0 Å². The molecule has 0 aromatic rings. The minimum Gasteiger partial charge on any atom is -0.462 e. The summed E-state index contributed by atoms with van der Waals surface area (Å²) in [5.74, 6) is 3.73. The van der Waals surface area contributed by atoms with Crippen LogP contribution in [0.25, 0.3) is 0 Å². The highest BCUT2D eigenvalue weighted by Gasteiger charge is 2.65. The van der Waals surface area contributed by atoms with Gasteiger partial charge in [0.2, 0.25) is 0 Å². The molecule has 0 heterocycles. The van der Waals surface area contributed by atoms with E-state index in [0.717, 1.165) is 49.9 Å². The molecule has 4 fully saturated rings. The summed E-state index contributed by atoms with van der Waals surface area (Å²) in [7, 11) is 0. The lowest BCUT2D eigenvalue weighted by Gasteiger charge is -2.67. The van der Waals surface area contributed by atoms with Gasteiger partial charge in [-0.15, -0.1) is 0 Å². The smallest absolute Gasteiger partial charge is 0.306 e. The van der Waals surface area contributed by atoms with Crippen molar-refractivity contribution in [3.8, 4) is 0 Å². The Morgan fingerprint density at radius 1 is 0.939 bits per heavy atom. The van der Waals surface area contributed by atoms with Gasteiger partial charge in [-0.1, -0.05) is 41.5 Å². The summed E-state index contributed by atoms with van der Waals surface area (Å²) in [5.41, 5.74) is 1.26. The number of carbonyl (C=O) groups excluding carboxylic acids is 1. The Kier molecular flexibility index (Phi) is 7.33. The number of rotatable bonds is 7. The summed E-state index contributed by atoms with van der Waals surface area (Å²) >= 11 is 0. The number of aliphatic hydroxyl groups is 1. The van der Waals surface area contributed by atoms with E-state index < -0.39 is 0 Å². The molecule has 0 amide bonds. The van der Waals surface area contributed by atoms with Crippen molar-refractivity contribution < 1.29 is 14.6 Å². The van der Waals surface area contributed by atoms with Gasteiger partial charge in [-0.3, -0.25) is 4.79 Å². The van der Waals surface area contributed by atoms with Gasteiger partial charge in [0.1, 0.15) is 6.10 Å². The van der Waals surface area contributed by atoms with Crippen molar-refractivity contribution in [2.24, 2.45) is 45.8 Å². The third kappa shape index (κ3) is 4.21. The van der Waals surface area contributed by atoms with Crippen molar-refractivity contribution in [1.82, 2.24) is 0 Å². The van der Waals surface area contributed by atoms with E-state index in [0.29, 0.717) is 34.5 Å². The fraction of sp³-hybridized carbons (Fsp3) is 0.967. The van der Waals surface area contributed by atoms with Crippen LogP contribution in [0.3, 0.4) is 0 Å². The largest absolute Gasteiger partial charge is 0.462 e. The van der Waals surface area contributed by atoms with Crippen molar-refractivity contribution in [1.29, 1.82) is 0 Å². The monoisotopic (exact) mass is 460 g/mol. The highest BCUT2D eigenvalue weighted by atomic mass is 16.5. The third-order valence-corrected chi connectivity index (χ3v) is 12.3. The topological polar surface area (TPSA) is 46.5 Å². The first-order valence-electron chi connectivity index (χ1n) is 14.5. The van der Waals surface area contributed by atoms with Gasteiger partial charge in [-0.05, 0) is 123 Å². The lowest BCUT2D eigenvalue weighted by molar-refractivity contribution is -0.186. The Balaban J connectivity index is 1.43. The second-order valence-electron chi connectivity index (χ2n) is 13.4. The summed E-state index contributed by atoms with van der Waals surface area (Å²) in [6, 6.07) is 0. The predicted molar refractivity (Wildman–Crippen MR) is 135 cm³/mol. The van der Waals surface area contributed by atoms with E-state index in [9.17, 15) is 9.90 Å². The molecule has 4 aliphatic carbocycles. The van der Waals surface area contributed by atoms with Gasteiger partial charge in [0.15, 0.2) is 0 Å². The van der Waals surface area contributed by atoms with Crippen LogP contribution in [0.1, 0.15) is 125 Å². The Bertz CT molecular complexity index is 701. The normalized spacial score (nSPS) is 45.8. The fourth-order valence-corrected chi connectivity index (χ4v) is 9.84. The Labute approximate surface area is 203 Å². The first kappa shape index (κ1) is 25.5. The van der Waals surface area contributed by atoms with E-state index in [-0.39, 0.29) is 18.2 Å². The highest BCUT2D eigenvalue weighted by molar-refractivity contribution is 5.69. The first-order chi connectivity index (χ1) is 15.6. The van der Waals surface area contributed by atoms with Crippen LogP contribution >= 0.6 is 0 Å². The number of hydrogen-bond donors (Lipinski definition) is 1. The van der Waals surface area contributed by atoms with Crippen molar-refractivity contribution in [2.45, 2.75) is 137 Å². The number of aliphatic hydroxyl groups excluding tert-OH is 1. The maximum absolute atomic E-state index is 12.4. The van der Waals surface area contributed by atoms with Crippen LogP contribution in [0.5, 0.6) is 0 Å². The molecule has 0 aliphatic heterocycles. The Hall–Kier alpha value is -0.570. The van der Waals surface area contributed by atoms with Gasteiger partial charge in [0.05, 0.1) is 6.10 Å². The van der Waals surface area contributed by atoms with Crippen molar-refractivity contribution in [3.63, 3.8) is 0 Å². The van der Waals surface area contributed by atoms with Crippen molar-refractivity contribution in [3.05, 3.63) is 0 Å². The zero-order valence-electron chi connectivity index (χ0n) is 22.5. The molecule has 0 aromatic heterocycles. The van der Waals surface area contributed by atoms with Crippen LogP contribution < -0.4 is 0 Å². The molecule has 0 spiro atoms. The molecule has 3 nitrogen and oxygen atoms in total. The van der Waals surface area contributed by atoms with Crippen LogP contribution in [0.2, 0.25) is 0 Å². The standard InChI is InChI=1S/C30H52O3/c1-7-23(8-2)33-27(32)14-9-20(3)24-12-13-25-26-11-10-21-19-22(31)15-16-29(21,5)30(26,6)18-17-28(24,25)4/h20-26,31H,7-19H2,1-6H3/t20-,21?,22-,24-,25+,26?,28-,29+,30+/m1/s1. The fourth-order valence-electron chi connectivity index (χ4n) is 9.84. The van der Waals surface area contributed by atoms with E-state index in [1.54, 1.807) is 0 Å². The van der Waals surface area contributed by atoms with Gasteiger partial charge < -0.3 is 9.84 Å². The molecule has 0 saturated heterocycles. The van der Waals surface area contributed by atoms with Crippen LogP contribution in [0.4, 0.5) is 0 Å². The summed E-state index contributed by atoms with van der Waals surface area (Å²) in [5, 5.41) is 10.4. The molecule has 9 atom stereocenters. The van der Waals surface area contributed by atoms with Crippen LogP contribution in [0, 0.1) is 45.8 Å². The predicted octanol–water partition coefficient (Wildman–Crippen LogP) is 7.54. The van der Waals surface area contributed by atoms with E-state index >= 15 is 0 Å². The van der Waals surface area contributed by atoms with Crippen LogP contribution in [-0.4, -0.2) is 23.3 Å². The molecule has 0 aromatic carbocycles. The van der Waals surface area contributed by atoms with Crippen LogP contribution in [0.15, 0.2) is 0 Å². The molecule has 0 bridgehead atoms. The lowest BCUT2D eigenvalue weighted by atomic mass is 9.38. The lowest BCUT2D eigenvalue weighted by Crippen LogP contribution is -2.60. The van der Waals surface area contributed by atoms with Crippen LogP contribution in [-0.2, 0) is 9.53 Å². The molecular weight excluding hydrogens is 408 g/mol. The maximum atomic E-state index is 12.4. The zero-order chi connectivity index (χ0) is 24.0. The molecule has 0 radical (unpaired) electrons. The minimum atomic E-state index is -0.0644. The average molecular weight is 461 g/mol. The van der Waals surface area contributed by atoms with Gasteiger partial charge in [0, 0.05) is 6.42 Å². The first-order valence-corrected chi connectivity index (χ1v) is 14.5. The Morgan fingerprint density at radius 2 is 1.64 bits per heavy atom. The number of fused-ring (bicyclic) bond motifs is 5. The molecule has 2 unspecified atom stereocenters. The molecule has 4 aliphatic rings. The van der Waals surface area contributed by atoms with E-state index in [4.69, 9.17) is 4.74 Å². The van der Waals surface area contributed by atoms with Crippen molar-refractivity contribution >= 4 is 5.97 Å². The second kappa shape index (κ2) is 9.47. The third-order valence-electron chi connectivity index (χ3n) is 12.3. The van der Waals surface area contributed by atoms with E-state index in [1.165, 1.54) is 44.9 Å². The van der Waals surface area contributed by atoms with Gasteiger partial charge in [-0.25, -0.2) is 0 Å². The average Bonchev–Trinajstić information content (AvgIpc) is 3.14. The number of carbonyl (C=O) groups is 1. The van der Waals surface area contributed by atoms with E-state index in [2.05, 4.69) is 41.5 Å². The SMILES string of the molecule is CCC(CC)OC(=O)CC[C@@H](C)[C@H]1CC[C@H]2C3CCC4C[C@H](O)CC[C@]4(C)[C@@]3(C)CC[C@]12C. The number of ether oxygens (including phenoxy) is 1. The second-order valence-corrected chi connectivity index (χ2v) is 13.4.